The maximum Gasteiger partial charge on any atom is 0.162 e. The molecular weight excluding hydrogens is 769 g/mol. The first-order valence-corrected chi connectivity index (χ1v) is 21.3. The van der Waals surface area contributed by atoms with Crippen LogP contribution in [0.3, 0.4) is 0 Å². The number of nitrogens with zero attached hydrogens (tertiary/aromatic N) is 6. The summed E-state index contributed by atoms with van der Waals surface area (Å²) < 4.78 is 6.98. The third kappa shape index (κ3) is 5.55. The molecule has 13 aromatic rings. The average molecular weight is 805 g/mol. The molecule has 0 saturated carbocycles. The number of hydrogen-bond acceptors (Lipinski definition) is 3. The van der Waals surface area contributed by atoms with Crippen LogP contribution in [0.5, 0.6) is 0 Å². The van der Waals surface area contributed by atoms with E-state index in [-0.39, 0.29) is 0 Å². The van der Waals surface area contributed by atoms with Crippen molar-refractivity contribution in [2.75, 3.05) is 0 Å². The highest BCUT2D eigenvalue weighted by molar-refractivity contribution is 6.13. The van der Waals surface area contributed by atoms with E-state index in [1.807, 2.05) is 36.5 Å². The van der Waals surface area contributed by atoms with Crippen LogP contribution in [0.15, 0.2) is 219 Å². The van der Waals surface area contributed by atoms with Crippen LogP contribution in [0.2, 0.25) is 0 Å². The maximum absolute atomic E-state index is 5.23. The van der Waals surface area contributed by atoms with Crippen LogP contribution in [-0.4, -0.2) is 28.7 Å². The summed E-state index contributed by atoms with van der Waals surface area (Å²) in [6.45, 7) is 0. The molecule has 0 aliphatic rings. The third-order valence-electron chi connectivity index (χ3n) is 12.5. The molecule has 6 heteroatoms. The van der Waals surface area contributed by atoms with E-state index in [1.54, 1.807) is 0 Å². The van der Waals surface area contributed by atoms with Gasteiger partial charge in [0.25, 0.3) is 0 Å². The van der Waals surface area contributed by atoms with Gasteiger partial charge in [0.05, 0.1) is 44.3 Å². The summed E-state index contributed by atoms with van der Waals surface area (Å²) in [5.41, 5.74) is 15.2. The van der Waals surface area contributed by atoms with Crippen LogP contribution in [0.4, 0.5) is 0 Å². The van der Waals surface area contributed by atoms with Crippen molar-refractivity contribution < 1.29 is 0 Å². The van der Waals surface area contributed by atoms with Gasteiger partial charge >= 0.3 is 0 Å². The molecule has 0 spiro atoms. The Kier molecular flexibility index (Phi) is 7.80. The second kappa shape index (κ2) is 14.0. The molecule has 0 N–H and O–H groups in total. The molecule has 13 rings (SSSR count). The third-order valence-corrected chi connectivity index (χ3v) is 12.5. The summed E-state index contributed by atoms with van der Waals surface area (Å²) in [4.78, 5) is 15.0. The summed E-state index contributed by atoms with van der Waals surface area (Å²) in [7, 11) is 0. The maximum atomic E-state index is 5.23. The molecule has 0 saturated heterocycles. The van der Waals surface area contributed by atoms with Gasteiger partial charge in [-0.15, -0.1) is 0 Å². The van der Waals surface area contributed by atoms with Crippen LogP contribution in [0.25, 0.3) is 117 Å². The number of fused-ring (bicyclic) bond motifs is 9. The van der Waals surface area contributed by atoms with Gasteiger partial charge < -0.3 is 9.13 Å². The first-order valence-electron chi connectivity index (χ1n) is 21.3. The monoisotopic (exact) mass is 804 g/mol. The molecule has 0 radical (unpaired) electrons. The quantitative estimate of drug-likeness (QED) is 0.168. The number of aromatic nitrogens is 6. The molecule has 8 aromatic carbocycles. The average Bonchev–Trinajstić information content (AvgIpc) is 4.00. The van der Waals surface area contributed by atoms with Crippen LogP contribution < -0.4 is 0 Å². The van der Waals surface area contributed by atoms with Gasteiger partial charge in [-0.2, -0.15) is 0 Å². The minimum Gasteiger partial charge on any atom is -0.309 e. The van der Waals surface area contributed by atoms with Gasteiger partial charge in [-0.1, -0.05) is 127 Å². The Hall–Kier alpha value is -8.61. The molecule has 294 valence electrons. The second-order valence-electron chi connectivity index (χ2n) is 16.1. The van der Waals surface area contributed by atoms with Gasteiger partial charge in [-0.25, -0.2) is 9.97 Å². The molecule has 5 heterocycles. The van der Waals surface area contributed by atoms with E-state index in [0.717, 1.165) is 72.5 Å². The predicted molar refractivity (Wildman–Crippen MR) is 259 cm³/mol. The molecule has 63 heavy (non-hydrogen) atoms. The van der Waals surface area contributed by atoms with Gasteiger partial charge in [0.2, 0.25) is 0 Å². The molecule has 6 nitrogen and oxygen atoms in total. The van der Waals surface area contributed by atoms with E-state index in [1.165, 1.54) is 38.1 Å². The molecule has 0 aliphatic heterocycles. The fraction of sp³-hybridized carbons (Fsp3) is 0. The van der Waals surface area contributed by atoms with Gasteiger partial charge in [-0.05, 0) is 90.0 Å². The van der Waals surface area contributed by atoms with Gasteiger partial charge in [0.15, 0.2) is 5.82 Å². The molecule has 0 fully saturated rings. The Morgan fingerprint density at radius 2 is 0.778 bits per heavy atom. The van der Waals surface area contributed by atoms with Crippen molar-refractivity contribution >= 4 is 65.5 Å². The summed E-state index contributed by atoms with van der Waals surface area (Å²) in [5.74, 6) is 1.52. The van der Waals surface area contributed by atoms with E-state index in [0.29, 0.717) is 5.82 Å². The summed E-state index contributed by atoms with van der Waals surface area (Å²) in [5, 5.41) is 5.93. The normalized spacial score (nSPS) is 11.8. The first kappa shape index (κ1) is 35.2. The van der Waals surface area contributed by atoms with E-state index in [2.05, 4.69) is 196 Å². The van der Waals surface area contributed by atoms with E-state index < -0.39 is 0 Å². The van der Waals surface area contributed by atoms with Crippen molar-refractivity contribution in [1.29, 1.82) is 0 Å². The topological polar surface area (TPSA) is 53.5 Å². The lowest BCUT2D eigenvalue weighted by Gasteiger charge is -2.12. The Labute approximate surface area is 362 Å². The SMILES string of the molecule is c1ccc(-c2cc(-n3c4ccccc4c4cc(-c5ccc6c(c5)c5ccccc5n6-c5ccc(-n6c7ccccc7c7ncccc76)cc5)ccc43)nc(-c3ccccc3)n2)cc1. The van der Waals surface area contributed by atoms with Crippen molar-refractivity contribution in [3.8, 4) is 51.0 Å². The van der Waals surface area contributed by atoms with Crippen LogP contribution in [0, 0.1) is 0 Å². The van der Waals surface area contributed by atoms with Gasteiger partial charge in [0, 0.05) is 61.7 Å². The number of rotatable bonds is 6. The smallest absolute Gasteiger partial charge is 0.162 e. The van der Waals surface area contributed by atoms with Crippen LogP contribution >= 0.6 is 0 Å². The lowest BCUT2D eigenvalue weighted by atomic mass is 10.0. The van der Waals surface area contributed by atoms with Crippen molar-refractivity contribution in [3.05, 3.63) is 219 Å². The number of hydrogen-bond donors (Lipinski definition) is 0. The van der Waals surface area contributed by atoms with Gasteiger partial charge in [-0.3, -0.25) is 9.55 Å². The van der Waals surface area contributed by atoms with E-state index in [4.69, 9.17) is 15.0 Å². The zero-order chi connectivity index (χ0) is 41.4. The highest BCUT2D eigenvalue weighted by Gasteiger charge is 2.19. The van der Waals surface area contributed by atoms with Crippen molar-refractivity contribution in [2.24, 2.45) is 0 Å². The summed E-state index contributed by atoms with van der Waals surface area (Å²) in [6.07, 6.45) is 1.87. The summed E-state index contributed by atoms with van der Waals surface area (Å²) >= 11 is 0. The zero-order valence-electron chi connectivity index (χ0n) is 34.0. The second-order valence-corrected chi connectivity index (χ2v) is 16.1. The van der Waals surface area contributed by atoms with Crippen LogP contribution in [0.1, 0.15) is 0 Å². The first-order chi connectivity index (χ1) is 31.2. The zero-order valence-corrected chi connectivity index (χ0v) is 34.0. The Morgan fingerprint density at radius 3 is 1.41 bits per heavy atom. The van der Waals surface area contributed by atoms with Crippen molar-refractivity contribution in [2.45, 2.75) is 0 Å². The van der Waals surface area contributed by atoms with Crippen molar-refractivity contribution in [1.82, 2.24) is 28.7 Å². The number of benzene rings is 8. The van der Waals surface area contributed by atoms with E-state index >= 15 is 0 Å². The molecule has 0 unspecified atom stereocenters. The molecule has 0 amide bonds. The Morgan fingerprint density at radius 1 is 0.302 bits per heavy atom. The predicted octanol–water partition coefficient (Wildman–Crippen LogP) is 14.2. The van der Waals surface area contributed by atoms with Crippen molar-refractivity contribution in [3.63, 3.8) is 0 Å². The minimum atomic E-state index is 0.693. The summed E-state index contributed by atoms with van der Waals surface area (Å²) in [6, 6.07) is 75.4. The van der Waals surface area contributed by atoms with Crippen LogP contribution in [-0.2, 0) is 0 Å². The molecular formula is C57H36N6. The minimum absolute atomic E-state index is 0.693. The standard InChI is InChI=1S/C57H36N6/c1-3-14-37(15-4-1)48-36-55(60-57(59-48)38-16-5-2-6-17-38)63-50-22-11-8-19-44(50)47-35-40(26-32-53(47)63)39-25-31-52-46(34-39)43-18-7-10-21-49(43)61(52)41-27-29-42(30-28-41)62-51-23-12-9-20-45(51)56-54(62)24-13-33-58-56/h1-36H. The number of pyridine rings is 1. The lowest BCUT2D eigenvalue weighted by Crippen LogP contribution is -2.02. The molecule has 0 bridgehead atoms. The number of para-hydroxylation sites is 3. The van der Waals surface area contributed by atoms with E-state index in [9.17, 15) is 0 Å². The molecule has 0 atom stereocenters. The Bertz CT molecular complexity index is 3790. The largest absolute Gasteiger partial charge is 0.309 e. The molecule has 0 aliphatic carbocycles. The Balaban J connectivity index is 0.934. The highest BCUT2D eigenvalue weighted by Crippen LogP contribution is 2.39. The fourth-order valence-corrected chi connectivity index (χ4v) is 9.66. The fourth-order valence-electron chi connectivity index (χ4n) is 9.66. The lowest BCUT2D eigenvalue weighted by molar-refractivity contribution is 1.05. The molecule has 5 aromatic heterocycles. The highest BCUT2D eigenvalue weighted by atomic mass is 15.1. The van der Waals surface area contributed by atoms with Gasteiger partial charge in [0.1, 0.15) is 5.82 Å².